The molecule has 29 heavy (non-hydrogen) atoms. The van der Waals surface area contributed by atoms with Gasteiger partial charge in [0.1, 0.15) is 6.54 Å². The summed E-state index contributed by atoms with van der Waals surface area (Å²) in [5.41, 5.74) is 0.709. The summed E-state index contributed by atoms with van der Waals surface area (Å²) in [6.07, 6.45) is 7.98. The van der Waals surface area contributed by atoms with Crippen molar-refractivity contribution in [1.29, 1.82) is 0 Å². The average molecular weight is 419 g/mol. The van der Waals surface area contributed by atoms with Gasteiger partial charge in [0.25, 0.3) is 5.91 Å². The molecule has 0 radical (unpaired) electrons. The molecule has 7 heteroatoms. The van der Waals surface area contributed by atoms with Gasteiger partial charge in [-0.25, -0.2) is 0 Å². The van der Waals surface area contributed by atoms with Gasteiger partial charge in [-0.2, -0.15) is 0 Å². The van der Waals surface area contributed by atoms with E-state index in [2.05, 4.69) is 10.6 Å². The van der Waals surface area contributed by atoms with E-state index in [4.69, 9.17) is 16.3 Å². The number of benzene rings is 1. The maximum atomic E-state index is 12.4. The van der Waals surface area contributed by atoms with E-state index < -0.39 is 18.5 Å². The van der Waals surface area contributed by atoms with Gasteiger partial charge in [0.2, 0.25) is 5.91 Å². The number of carbonyl (C=O) groups excluding carboxylic acids is 3. The maximum absolute atomic E-state index is 12.4. The summed E-state index contributed by atoms with van der Waals surface area (Å²) in [6, 6.07) is 6.63. The Kier molecular flexibility index (Phi) is 5.81. The highest BCUT2D eigenvalue weighted by Gasteiger charge is 2.51. The quantitative estimate of drug-likeness (QED) is 0.663. The fourth-order valence-corrected chi connectivity index (χ4v) is 6.13. The van der Waals surface area contributed by atoms with Gasteiger partial charge in [-0.3, -0.25) is 14.4 Å². The Morgan fingerprint density at radius 2 is 1.55 bits per heavy atom. The second-order valence-corrected chi connectivity index (χ2v) is 9.52. The van der Waals surface area contributed by atoms with E-state index in [1.54, 1.807) is 24.3 Å². The molecule has 0 atom stereocenters. The smallest absolute Gasteiger partial charge is 0.325 e. The fourth-order valence-electron chi connectivity index (χ4n) is 6.01. The van der Waals surface area contributed by atoms with E-state index in [9.17, 15) is 14.4 Å². The first kappa shape index (κ1) is 20.2. The fraction of sp³-hybridized carbons (Fsp3) is 0.591. The molecule has 2 amide bonds. The zero-order chi connectivity index (χ0) is 20.4. The van der Waals surface area contributed by atoms with Gasteiger partial charge < -0.3 is 15.4 Å². The molecule has 4 saturated carbocycles. The number of rotatable bonds is 7. The minimum absolute atomic E-state index is 0.0884. The van der Waals surface area contributed by atoms with Gasteiger partial charge >= 0.3 is 5.97 Å². The van der Waals surface area contributed by atoms with Crippen molar-refractivity contribution in [3.8, 4) is 0 Å². The Labute approximate surface area is 175 Å². The molecule has 2 N–H and O–H groups in total. The number of hydrogen-bond acceptors (Lipinski definition) is 4. The van der Waals surface area contributed by atoms with Crippen LogP contribution in [0.1, 0.15) is 44.9 Å². The maximum Gasteiger partial charge on any atom is 0.325 e. The second kappa shape index (κ2) is 8.34. The van der Waals surface area contributed by atoms with E-state index in [0.717, 1.165) is 37.0 Å². The molecule has 5 rings (SSSR count). The first-order valence-corrected chi connectivity index (χ1v) is 10.7. The van der Waals surface area contributed by atoms with Crippen molar-refractivity contribution in [2.75, 3.05) is 18.5 Å². The minimum atomic E-state index is -0.616. The van der Waals surface area contributed by atoms with Crippen LogP contribution in [0.2, 0.25) is 5.02 Å². The Hall–Kier alpha value is -2.08. The lowest BCUT2D eigenvalue weighted by molar-refractivity contribution is -0.147. The molecule has 0 heterocycles. The standard InChI is InChI=1S/C22H27ClN2O4/c23-17-1-3-18(4-2-17)25-20(27)13-29-21(28)12-24-19(26)11-22-8-14-5-15(9-22)7-16(6-14)10-22/h1-4,14-16H,5-13H2,(H,24,26)(H,25,27). The number of hydrogen-bond donors (Lipinski definition) is 2. The van der Waals surface area contributed by atoms with E-state index in [1.165, 1.54) is 19.3 Å². The van der Waals surface area contributed by atoms with E-state index in [0.29, 0.717) is 17.1 Å². The van der Waals surface area contributed by atoms with Crippen molar-refractivity contribution in [3.63, 3.8) is 0 Å². The molecule has 4 bridgehead atoms. The number of esters is 1. The van der Waals surface area contributed by atoms with Gasteiger partial charge in [-0.15, -0.1) is 0 Å². The van der Waals surface area contributed by atoms with Crippen molar-refractivity contribution in [3.05, 3.63) is 29.3 Å². The molecule has 6 nitrogen and oxygen atoms in total. The van der Waals surface area contributed by atoms with Crippen molar-refractivity contribution in [2.24, 2.45) is 23.2 Å². The summed E-state index contributed by atoms with van der Waals surface area (Å²) >= 11 is 5.79. The van der Waals surface area contributed by atoms with Crippen LogP contribution >= 0.6 is 11.6 Å². The van der Waals surface area contributed by atoms with Crippen LogP contribution in [0.25, 0.3) is 0 Å². The van der Waals surface area contributed by atoms with Gasteiger partial charge in [-0.05, 0) is 86.0 Å². The molecule has 1 aromatic carbocycles. The van der Waals surface area contributed by atoms with Crippen LogP contribution < -0.4 is 10.6 Å². The van der Waals surface area contributed by atoms with Crippen molar-refractivity contribution in [2.45, 2.75) is 44.9 Å². The van der Waals surface area contributed by atoms with Crippen LogP contribution in [0.4, 0.5) is 5.69 Å². The third-order valence-electron chi connectivity index (χ3n) is 6.62. The van der Waals surface area contributed by atoms with Crippen molar-refractivity contribution < 1.29 is 19.1 Å². The predicted molar refractivity (Wildman–Crippen MR) is 109 cm³/mol. The van der Waals surface area contributed by atoms with Gasteiger partial charge in [0.15, 0.2) is 6.61 Å². The summed E-state index contributed by atoms with van der Waals surface area (Å²) < 4.78 is 4.95. The highest BCUT2D eigenvalue weighted by atomic mass is 35.5. The first-order valence-electron chi connectivity index (χ1n) is 10.4. The van der Waals surface area contributed by atoms with E-state index in [-0.39, 0.29) is 17.9 Å². The molecular weight excluding hydrogens is 392 g/mol. The number of anilines is 1. The second-order valence-electron chi connectivity index (χ2n) is 9.09. The number of carbonyl (C=O) groups is 3. The van der Waals surface area contributed by atoms with Crippen LogP contribution in [0.15, 0.2) is 24.3 Å². The molecule has 0 saturated heterocycles. The summed E-state index contributed by atoms with van der Waals surface area (Å²) in [6.45, 7) is -0.605. The van der Waals surface area contributed by atoms with Gasteiger partial charge in [0.05, 0.1) is 0 Å². The molecular formula is C22H27ClN2O4. The van der Waals surface area contributed by atoms with Crippen LogP contribution in [-0.4, -0.2) is 30.9 Å². The summed E-state index contributed by atoms with van der Waals surface area (Å²) in [5, 5.41) is 5.86. The highest BCUT2D eigenvalue weighted by Crippen LogP contribution is 2.61. The SMILES string of the molecule is O=C(CC12CC3CC(CC(C3)C1)C2)NCC(=O)OCC(=O)Nc1ccc(Cl)cc1. The van der Waals surface area contributed by atoms with Crippen LogP contribution in [0.3, 0.4) is 0 Å². The molecule has 4 aliphatic rings. The van der Waals surface area contributed by atoms with Gasteiger partial charge in [-0.1, -0.05) is 11.6 Å². The zero-order valence-electron chi connectivity index (χ0n) is 16.4. The lowest BCUT2D eigenvalue weighted by Gasteiger charge is -2.56. The molecule has 156 valence electrons. The Morgan fingerprint density at radius 3 is 2.14 bits per heavy atom. The summed E-state index contributed by atoms with van der Waals surface area (Å²) in [5.74, 6) is 1.22. The molecule has 0 unspecified atom stereocenters. The number of ether oxygens (including phenoxy) is 1. The minimum Gasteiger partial charge on any atom is -0.454 e. The largest absolute Gasteiger partial charge is 0.454 e. The third kappa shape index (κ3) is 5.10. The Bertz CT molecular complexity index is 757. The Morgan fingerprint density at radius 1 is 0.966 bits per heavy atom. The predicted octanol–water partition coefficient (Wildman–Crippen LogP) is 3.54. The van der Waals surface area contributed by atoms with E-state index >= 15 is 0 Å². The van der Waals surface area contributed by atoms with Gasteiger partial charge in [0, 0.05) is 17.1 Å². The first-order chi connectivity index (χ1) is 13.9. The molecule has 1 aromatic rings. The third-order valence-corrected chi connectivity index (χ3v) is 6.87. The molecule has 0 aliphatic heterocycles. The van der Waals surface area contributed by atoms with Crippen molar-refractivity contribution >= 4 is 35.1 Å². The number of nitrogens with one attached hydrogen (secondary N) is 2. The lowest BCUT2D eigenvalue weighted by atomic mass is 9.49. The highest BCUT2D eigenvalue weighted by molar-refractivity contribution is 6.30. The molecule has 0 spiro atoms. The van der Waals surface area contributed by atoms with Crippen LogP contribution in [-0.2, 0) is 19.1 Å². The zero-order valence-corrected chi connectivity index (χ0v) is 17.2. The topological polar surface area (TPSA) is 84.5 Å². The molecule has 4 aliphatic carbocycles. The lowest BCUT2D eigenvalue weighted by Crippen LogP contribution is -2.48. The molecule has 0 aromatic heterocycles. The monoisotopic (exact) mass is 418 g/mol. The number of amides is 2. The average Bonchev–Trinajstić information content (AvgIpc) is 2.65. The summed E-state index contributed by atoms with van der Waals surface area (Å²) in [7, 11) is 0. The van der Waals surface area contributed by atoms with Crippen LogP contribution in [0.5, 0.6) is 0 Å². The normalized spacial score (nSPS) is 29.3. The Balaban J connectivity index is 1.16. The van der Waals surface area contributed by atoms with Crippen LogP contribution in [0, 0.1) is 23.2 Å². The summed E-state index contributed by atoms with van der Waals surface area (Å²) in [4.78, 5) is 36.2. The molecule has 4 fully saturated rings. The van der Waals surface area contributed by atoms with E-state index in [1.807, 2.05) is 0 Å². The van der Waals surface area contributed by atoms with Crippen molar-refractivity contribution in [1.82, 2.24) is 5.32 Å². The number of halogens is 1.